The second-order valence-electron chi connectivity index (χ2n) is 4.16. The zero-order valence-electron chi connectivity index (χ0n) is 10.4. The molecule has 0 amide bonds. The first-order chi connectivity index (χ1) is 9.54. The number of Topliss-reactive ketones (excluding diaryl/α,β-unsaturated/α-hetero) is 1. The first-order valence-electron chi connectivity index (χ1n) is 5.86. The quantitative estimate of drug-likeness (QED) is 0.508. The van der Waals surface area contributed by atoms with Crippen LogP contribution in [0.3, 0.4) is 0 Å². The van der Waals surface area contributed by atoms with Gasteiger partial charge in [-0.25, -0.2) is 4.79 Å². The Morgan fingerprint density at radius 2 is 1.55 bits per heavy atom. The number of ether oxygens (including phenoxy) is 1. The number of hydrogen-bond donors (Lipinski definition) is 2. The average Bonchev–Trinajstić information content (AvgIpc) is 2.41. The van der Waals surface area contributed by atoms with Crippen molar-refractivity contribution in [1.29, 1.82) is 0 Å². The van der Waals surface area contributed by atoms with Crippen molar-refractivity contribution >= 4 is 11.9 Å². The molecule has 0 heterocycles. The molecule has 0 saturated heterocycles. The maximum absolute atomic E-state index is 12.0. The van der Waals surface area contributed by atoms with Crippen molar-refractivity contribution in [2.24, 2.45) is 0 Å². The summed E-state index contributed by atoms with van der Waals surface area (Å²) in [5.41, 5.74) is 1.26. The summed E-state index contributed by atoms with van der Waals surface area (Å²) in [5, 5.41) is 17.6. The van der Waals surface area contributed by atoms with Gasteiger partial charge in [-0.1, -0.05) is 12.1 Å². The SMILES string of the molecule is O=C(O)Oc1ccc(CC(=O)c2ccc(O)cc2)cc1. The summed E-state index contributed by atoms with van der Waals surface area (Å²) in [6.07, 6.45) is -1.18. The van der Waals surface area contributed by atoms with Gasteiger partial charge in [-0.05, 0) is 42.0 Å². The topological polar surface area (TPSA) is 83.8 Å². The van der Waals surface area contributed by atoms with Crippen molar-refractivity contribution in [2.75, 3.05) is 0 Å². The van der Waals surface area contributed by atoms with E-state index in [0.717, 1.165) is 5.56 Å². The normalized spacial score (nSPS) is 10.0. The minimum Gasteiger partial charge on any atom is -0.508 e. The molecule has 0 aromatic heterocycles. The van der Waals surface area contributed by atoms with Crippen molar-refractivity contribution in [3.05, 3.63) is 59.7 Å². The lowest BCUT2D eigenvalue weighted by Gasteiger charge is -2.03. The van der Waals surface area contributed by atoms with E-state index in [1.165, 1.54) is 24.3 Å². The minimum absolute atomic E-state index is 0.0862. The van der Waals surface area contributed by atoms with Gasteiger partial charge in [0.05, 0.1) is 0 Å². The van der Waals surface area contributed by atoms with E-state index in [0.29, 0.717) is 5.56 Å². The van der Waals surface area contributed by atoms with Gasteiger partial charge in [0.2, 0.25) is 0 Å². The molecule has 0 spiro atoms. The number of rotatable bonds is 4. The van der Waals surface area contributed by atoms with Crippen LogP contribution < -0.4 is 4.74 Å². The highest BCUT2D eigenvalue weighted by Gasteiger charge is 2.08. The molecule has 0 aliphatic heterocycles. The molecule has 102 valence electrons. The molecule has 20 heavy (non-hydrogen) atoms. The fourth-order valence-corrected chi connectivity index (χ4v) is 1.71. The largest absolute Gasteiger partial charge is 0.511 e. The predicted octanol–water partition coefficient (Wildman–Crippen LogP) is 2.87. The van der Waals surface area contributed by atoms with Crippen LogP contribution in [-0.4, -0.2) is 22.2 Å². The Bertz CT molecular complexity index is 614. The molecular weight excluding hydrogens is 260 g/mol. The van der Waals surface area contributed by atoms with Crippen molar-refractivity contribution < 1.29 is 24.5 Å². The maximum atomic E-state index is 12.0. The molecule has 0 unspecified atom stereocenters. The molecule has 0 radical (unpaired) electrons. The van der Waals surface area contributed by atoms with E-state index in [2.05, 4.69) is 4.74 Å². The van der Waals surface area contributed by atoms with E-state index in [4.69, 9.17) is 10.2 Å². The Morgan fingerprint density at radius 1 is 0.950 bits per heavy atom. The number of carboxylic acid groups (broad SMARTS) is 1. The van der Waals surface area contributed by atoms with Gasteiger partial charge >= 0.3 is 6.16 Å². The second-order valence-corrected chi connectivity index (χ2v) is 4.16. The highest BCUT2D eigenvalue weighted by Crippen LogP contribution is 2.15. The summed E-state index contributed by atoms with van der Waals surface area (Å²) >= 11 is 0. The van der Waals surface area contributed by atoms with Crippen molar-refractivity contribution in [3.63, 3.8) is 0 Å². The number of hydrogen-bond acceptors (Lipinski definition) is 4. The van der Waals surface area contributed by atoms with Gasteiger partial charge < -0.3 is 14.9 Å². The molecule has 0 atom stereocenters. The summed E-state index contributed by atoms with van der Waals surface area (Å²) < 4.78 is 4.48. The summed E-state index contributed by atoms with van der Waals surface area (Å²) in [7, 11) is 0. The van der Waals surface area contributed by atoms with Gasteiger partial charge in [0.1, 0.15) is 11.5 Å². The Labute approximate surface area is 115 Å². The number of ketones is 1. The summed E-state index contributed by atoms with van der Waals surface area (Å²) in [6, 6.07) is 12.3. The second kappa shape index (κ2) is 5.88. The van der Waals surface area contributed by atoms with E-state index in [-0.39, 0.29) is 23.7 Å². The van der Waals surface area contributed by atoms with Crippen LogP contribution >= 0.6 is 0 Å². The molecule has 2 aromatic carbocycles. The molecule has 2 aromatic rings. The molecule has 0 bridgehead atoms. The molecule has 2 N–H and O–H groups in total. The van der Waals surface area contributed by atoms with E-state index in [1.807, 2.05) is 0 Å². The van der Waals surface area contributed by atoms with Crippen LogP contribution in [0.1, 0.15) is 15.9 Å². The average molecular weight is 272 g/mol. The Morgan fingerprint density at radius 3 is 2.10 bits per heavy atom. The number of carbonyl (C=O) groups is 2. The molecule has 0 fully saturated rings. The van der Waals surface area contributed by atoms with E-state index >= 15 is 0 Å². The Balaban J connectivity index is 2.04. The van der Waals surface area contributed by atoms with Crippen LogP contribution in [-0.2, 0) is 6.42 Å². The zero-order chi connectivity index (χ0) is 14.5. The first kappa shape index (κ1) is 13.6. The highest BCUT2D eigenvalue weighted by molar-refractivity contribution is 5.97. The molecule has 2 rings (SSSR count). The summed E-state index contributed by atoms with van der Waals surface area (Å²) in [4.78, 5) is 22.3. The van der Waals surface area contributed by atoms with Crippen LogP contribution in [0.4, 0.5) is 4.79 Å². The van der Waals surface area contributed by atoms with Crippen LogP contribution in [0.2, 0.25) is 0 Å². The lowest BCUT2D eigenvalue weighted by Crippen LogP contribution is -2.04. The van der Waals surface area contributed by atoms with E-state index in [9.17, 15) is 9.59 Å². The van der Waals surface area contributed by atoms with Crippen LogP contribution in [0.5, 0.6) is 11.5 Å². The third-order valence-corrected chi connectivity index (χ3v) is 2.68. The number of benzene rings is 2. The lowest BCUT2D eigenvalue weighted by atomic mass is 10.0. The van der Waals surface area contributed by atoms with Gasteiger partial charge in [0, 0.05) is 12.0 Å². The number of carbonyl (C=O) groups excluding carboxylic acids is 1. The van der Waals surface area contributed by atoms with E-state index in [1.54, 1.807) is 24.3 Å². The molecule has 0 aliphatic rings. The molecule has 5 nitrogen and oxygen atoms in total. The zero-order valence-corrected chi connectivity index (χ0v) is 10.4. The standard InChI is InChI=1S/C15H12O5/c16-12-5-3-11(4-6-12)14(17)9-10-1-7-13(8-2-10)20-15(18)19/h1-8,16H,9H2,(H,18,19). The molecular formula is C15H12O5. The van der Waals surface area contributed by atoms with Crippen molar-refractivity contribution in [2.45, 2.75) is 6.42 Å². The fraction of sp³-hybridized carbons (Fsp3) is 0.0667. The summed E-state index contributed by atoms with van der Waals surface area (Å²) in [6.45, 7) is 0. The predicted molar refractivity (Wildman–Crippen MR) is 71.2 cm³/mol. The number of phenolic OH excluding ortho intramolecular Hbond substituents is 1. The monoisotopic (exact) mass is 272 g/mol. The van der Waals surface area contributed by atoms with Crippen molar-refractivity contribution in [1.82, 2.24) is 0 Å². The molecule has 0 saturated carbocycles. The van der Waals surface area contributed by atoms with Crippen LogP contribution in [0.15, 0.2) is 48.5 Å². The lowest BCUT2D eigenvalue weighted by molar-refractivity contribution is 0.0992. The Hall–Kier alpha value is -2.82. The molecule has 5 heteroatoms. The fourth-order valence-electron chi connectivity index (χ4n) is 1.71. The summed E-state index contributed by atoms with van der Waals surface area (Å²) in [5.74, 6) is 0.229. The number of phenols is 1. The van der Waals surface area contributed by atoms with Gasteiger partial charge in [0.25, 0.3) is 0 Å². The van der Waals surface area contributed by atoms with Gasteiger partial charge in [0.15, 0.2) is 5.78 Å². The van der Waals surface area contributed by atoms with Gasteiger partial charge in [-0.15, -0.1) is 0 Å². The Kier molecular flexibility index (Phi) is 4.00. The van der Waals surface area contributed by atoms with Crippen molar-refractivity contribution in [3.8, 4) is 11.5 Å². The number of aromatic hydroxyl groups is 1. The smallest absolute Gasteiger partial charge is 0.508 e. The maximum Gasteiger partial charge on any atom is 0.511 e. The third kappa shape index (κ3) is 3.58. The van der Waals surface area contributed by atoms with E-state index < -0.39 is 6.16 Å². The van der Waals surface area contributed by atoms with Crippen LogP contribution in [0, 0.1) is 0 Å². The van der Waals surface area contributed by atoms with Gasteiger partial charge in [-0.2, -0.15) is 0 Å². The van der Waals surface area contributed by atoms with Crippen LogP contribution in [0.25, 0.3) is 0 Å². The minimum atomic E-state index is -1.38. The third-order valence-electron chi connectivity index (χ3n) is 2.68. The highest BCUT2D eigenvalue weighted by atomic mass is 16.7. The first-order valence-corrected chi connectivity index (χ1v) is 5.86. The van der Waals surface area contributed by atoms with Gasteiger partial charge in [-0.3, -0.25) is 4.79 Å². The molecule has 0 aliphatic carbocycles.